The van der Waals surface area contributed by atoms with Crippen LogP contribution in [0.5, 0.6) is 0 Å². The highest BCUT2D eigenvalue weighted by molar-refractivity contribution is 9.10. The first kappa shape index (κ1) is 13.8. The fourth-order valence-electron chi connectivity index (χ4n) is 2.47. The zero-order chi connectivity index (χ0) is 13.1. The molecule has 1 aromatic rings. The molecule has 1 heterocycles. The van der Waals surface area contributed by atoms with Crippen LogP contribution < -0.4 is 4.90 Å². The zero-order valence-corrected chi connectivity index (χ0v) is 12.7. The fraction of sp³-hybridized carbons (Fsp3) is 0.571. The molecule has 0 aliphatic carbocycles. The van der Waals surface area contributed by atoms with Crippen LogP contribution in [-0.2, 0) is 6.61 Å². The van der Waals surface area contributed by atoms with Crippen molar-refractivity contribution in [1.29, 1.82) is 0 Å². The summed E-state index contributed by atoms with van der Waals surface area (Å²) in [6, 6.07) is 6.77. The minimum absolute atomic E-state index is 0.0964. The molecule has 1 aromatic carbocycles. The molecule has 1 aliphatic rings. The summed E-state index contributed by atoms with van der Waals surface area (Å²) in [7, 11) is 0. The molecule has 1 N–H and O–H groups in total. The molecular weight excluding hydrogens is 292 g/mol. The van der Waals surface area contributed by atoms with Gasteiger partial charge in [-0.1, -0.05) is 15.9 Å². The van der Waals surface area contributed by atoms with Gasteiger partial charge >= 0.3 is 0 Å². The highest BCUT2D eigenvalue weighted by Gasteiger charge is 2.20. The van der Waals surface area contributed by atoms with Gasteiger partial charge in [-0.25, -0.2) is 0 Å². The first-order chi connectivity index (χ1) is 8.61. The summed E-state index contributed by atoms with van der Waals surface area (Å²) in [4.78, 5) is 4.87. The smallest absolute Gasteiger partial charge is 0.0702 e. The number of piperazine rings is 1. The van der Waals surface area contributed by atoms with Crippen LogP contribution in [0.25, 0.3) is 0 Å². The predicted molar refractivity (Wildman–Crippen MR) is 79.0 cm³/mol. The first-order valence-corrected chi connectivity index (χ1v) is 7.29. The van der Waals surface area contributed by atoms with E-state index in [-0.39, 0.29) is 6.61 Å². The maximum Gasteiger partial charge on any atom is 0.0702 e. The third kappa shape index (κ3) is 3.05. The molecule has 0 atom stereocenters. The number of anilines is 1. The summed E-state index contributed by atoms with van der Waals surface area (Å²) in [5, 5.41) is 9.46. The molecule has 0 unspecified atom stereocenters. The molecule has 1 aliphatic heterocycles. The minimum Gasteiger partial charge on any atom is -0.392 e. The van der Waals surface area contributed by atoms with Gasteiger partial charge in [0.25, 0.3) is 0 Å². The molecule has 1 saturated heterocycles. The number of aliphatic hydroxyl groups excluding tert-OH is 1. The molecule has 0 amide bonds. The molecule has 18 heavy (non-hydrogen) atoms. The van der Waals surface area contributed by atoms with Crippen LogP contribution in [0.3, 0.4) is 0 Å². The van der Waals surface area contributed by atoms with Crippen molar-refractivity contribution in [2.45, 2.75) is 26.5 Å². The van der Waals surface area contributed by atoms with Gasteiger partial charge in [0.15, 0.2) is 0 Å². The van der Waals surface area contributed by atoms with Gasteiger partial charge in [0, 0.05) is 47.9 Å². The number of nitrogens with zero attached hydrogens (tertiary/aromatic N) is 2. The van der Waals surface area contributed by atoms with E-state index in [9.17, 15) is 5.11 Å². The van der Waals surface area contributed by atoms with Crippen molar-refractivity contribution in [2.75, 3.05) is 31.1 Å². The van der Waals surface area contributed by atoms with Crippen molar-refractivity contribution >= 4 is 21.6 Å². The lowest BCUT2D eigenvalue weighted by Gasteiger charge is -2.38. The van der Waals surface area contributed by atoms with Crippen molar-refractivity contribution in [3.05, 3.63) is 28.2 Å². The van der Waals surface area contributed by atoms with Gasteiger partial charge in [-0.3, -0.25) is 4.90 Å². The third-order valence-electron chi connectivity index (χ3n) is 3.60. The normalized spacial score (nSPS) is 17.5. The van der Waals surface area contributed by atoms with Crippen LogP contribution in [0.1, 0.15) is 19.4 Å². The van der Waals surface area contributed by atoms with Gasteiger partial charge in [-0.15, -0.1) is 0 Å². The van der Waals surface area contributed by atoms with Crippen molar-refractivity contribution in [3.63, 3.8) is 0 Å². The lowest BCUT2D eigenvalue weighted by atomic mass is 10.1. The predicted octanol–water partition coefficient (Wildman–Crippen LogP) is 2.47. The zero-order valence-electron chi connectivity index (χ0n) is 11.1. The quantitative estimate of drug-likeness (QED) is 0.929. The topological polar surface area (TPSA) is 26.7 Å². The number of benzene rings is 1. The second-order valence-electron chi connectivity index (χ2n) is 5.05. The van der Waals surface area contributed by atoms with Gasteiger partial charge in [-0.05, 0) is 32.0 Å². The van der Waals surface area contributed by atoms with Crippen molar-refractivity contribution in [3.8, 4) is 0 Å². The van der Waals surface area contributed by atoms with Gasteiger partial charge in [0.1, 0.15) is 0 Å². The van der Waals surface area contributed by atoms with Crippen molar-refractivity contribution in [1.82, 2.24) is 4.90 Å². The molecule has 0 saturated carbocycles. The molecule has 0 bridgehead atoms. The van der Waals surface area contributed by atoms with Crippen LogP contribution in [0.2, 0.25) is 0 Å². The SMILES string of the molecule is CC(C)N1CCN(c2ccc(Br)cc2CO)CC1. The highest BCUT2D eigenvalue weighted by Crippen LogP contribution is 2.26. The lowest BCUT2D eigenvalue weighted by Crippen LogP contribution is -2.49. The number of aliphatic hydroxyl groups is 1. The maximum absolute atomic E-state index is 9.46. The average molecular weight is 313 g/mol. The Balaban J connectivity index is 2.09. The van der Waals surface area contributed by atoms with E-state index in [1.807, 2.05) is 12.1 Å². The fourth-order valence-corrected chi connectivity index (χ4v) is 2.88. The van der Waals surface area contributed by atoms with E-state index in [0.717, 1.165) is 36.2 Å². The summed E-state index contributed by atoms with van der Waals surface area (Å²) in [6.45, 7) is 8.85. The summed E-state index contributed by atoms with van der Waals surface area (Å²) < 4.78 is 1.02. The van der Waals surface area contributed by atoms with E-state index in [0.29, 0.717) is 6.04 Å². The largest absolute Gasteiger partial charge is 0.392 e. The molecule has 2 rings (SSSR count). The van der Waals surface area contributed by atoms with Crippen LogP contribution >= 0.6 is 15.9 Å². The average Bonchev–Trinajstić information content (AvgIpc) is 2.38. The van der Waals surface area contributed by atoms with Crippen LogP contribution in [-0.4, -0.2) is 42.2 Å². The maximum atomic E-state index is 9.46. The minimum atomic E-state index is 0.0964. The third-order valence-corrected chi connectivity index (χ3v) is 4.09. The number of hydrogen-bond acceptors (Lipinski definition) is 3. The molecule has 0 aromatic heterocycles. The van der Waals surface area contributed by atoms with E-state index in [1.165, 1.54) is 5.69 Å². The standard InChI is InChI=1S/C14H21BrN2O/c1-11(2)16-5-7-17(8-6-16)14-4-3-13(15)9-12(14)10-18/h3-4,9,11,18H,5-8,10H2,1-2H3. The Morgan fingerprint density at radius 3 is 2.44 bits per heavy atom. The van der Waals surface area contributed by atoms with E-state index in [1.54, 1.807) is 0 Å². The van der Waals surface area contributed by atoms with Crippen LogP contribution in [0.15, 0.2) is 22.7 Å². The van der Waals surface area contributed by atoms with Crippen LogP contribution in [0, 0.1) is 0 Å². The summed E-state index contributed by atoms with van der Waals surface area (Å²) in [5.74, 6) is 0. The molecule has 0 spiro atoms. The van der Waals surface area contributed by atoms with E-state index in [4.69, 9.17) is 0 Å². The van der Waals surface area contributed by atoms with Gasteiger partial charge in [-0.2, -0.15) is 0 Å². The second-order valence-corrected chi connectivity index (χ2v) is 5.96. The number of halogens is 1. The molecule has 100 valence electrons. The summed E-state index contributed by atoms with van der Waals surface area (Å²) in [6.07, 6.45) is 0. The number of rotatable bonds is 3. The van der Waals surface area contributed by atoms with E-state index >= 15 is 0 Å². The van der Waals surface area contributed by atoms with E-state index in [2.05, 4.69) is 45.6 Å². The molecule has 1 fully saturated rings. The molecular formula is C14H21BrN2O. The molecule has 3 nitrogen and oxygen atoms in total. The number of hydrogen-bond donors (Lipinski definition) is 1. The summed E-state index contributed by atoms with van der Waals surface area (Å²) >= 11 is 3.45. The van der Waals surface area contributed by atoms with Gasteiger partial charge in [0.05, 0.1) is 6.61 Å². The monoisotopic (exact) mass is 312 g/mol. The van der Waals surface area contributed by atoms with E-state index < -0.39 is 0 Å². The molecule has 4 heteroatoms. The van der Waals surface area contributed by atoms with Gasteiger partial charge < -0.3 is 10.0 Å². The Morgan fingerprint density at radius 2 is 1.89 bits per heavy atom. The lowest BCUT2D eigenvalue weighted by molar-refractivity contribution is 0.209. The van der Waals surface area contributed by atoms with Crippen molar-refractivity contribution in [2.24, 2.45) is 0 Å². The van der Waals surface area contributed by atoms with Crippen molar-refractivity contribution < 1.29 is 5.11 Å². The Labute approximate surface area is 118 Å². The Morgan fingerprint density at radius 1 is 1.22 bits per heavy atom. The highest BCUT2D eigenvalue weighted by atomic mass is 79.9. The first-order valence-electron chi connectivity index (χ1n) is 6.50. The summed E-state index contributed by atoms with van der Waals surface area (Å²) in [5.41, 5.74) is 2.17. The second kappa shape index (κ2) is 6.04. The Kier molecular flexibility index (Phi) is 4.65. The molecule has 0 radical (unpaired) electrons. The Bertz CT molecular complexity index is 401. The van der Waals surface area contributed by atoms with Gasteiger partial charge in [0.2, 0.25) is 0 Å². The Hall–Kier alpha value is -0.580. The van der Waals surface area contributed by atoms with Crippen LogP contribution in [0.4, 0.5) is 5.69 Å².